The van der Waals surface area contributed by atoms with E-state index in [1.165, 1.54) is 6.26 Å². The molecule has 5 heteroatoms. The van der Waals surface area contributed by atoms with Crippen molar-refractivity contribution < 1.29 is 18.3 Å². The summed E-state index contributed by atoms with van der Waals surface area (Å²) < 4.78 is 27.0. The summed E-state index contributed by atoms with van der Waals surface area (Å²) in [6, 6.07) is 0. The molecule has 0 spiro atoms. The first-order valence-electron chi connectivity index (χ1n) is 4.92. The van der Waals surface area contributed by atoms with Crippen LogP contribution in [0.5, 0.6) is 0 Å². The number of ether oxygens (including phenoxy) is 1. The molecular formula is C9H18O4S. The molecular weight excluding hydrogens is 204 g/mol. The number of aliphatic hydroxyl groups excluding tert-OH is 1. The maximum atomic E-state index is 10.9. The highest BCUT2D eigenvalue weighted by molar-refractivity contribution is 7.90. The predicted molar refractivity (Wildman–Crippen MR) is 53.9 cm³/mol. The molecule has 1 aliphatic heterocycles. The molecule has 1 aliphatic rings. The van der Waals surface area contributed by atoms with Crippen molar-refractivity contribution in [2.75, 3.05) is 25.2 Å². The Morgan fingerprint density at radius 1 is 1.57 bits per heavy atom. The van der Waals surface area contributed by atoms with E-state index in [4.69, 9.17) is 4.74 Å². The van der Waals surface area contributed by atoms with Gasteiger partial charge in [0, 0.05) is 18.8 Å². The number of rotatable bonds is 4. The summed E-state index contributed by atoms with van der Waals surface area (Å²) in [6.07, 6.45) is 2.88. The zero-order chi connectivity index (χ0) is 10.6. The van der Waals surface area contributed by atoms with Crippen molar-refractivity contribution in [2.45, 2.75) is 25.4 Å². The Morgan fingerprint density at radius 3 is 2.79 bits per heavy atom. The third kappa shape index (κ3) is 4.39. The first-order chi connectivity index (χ1) is 6.49. The van der Waals surface area contributed by atoms with Gasteiger partial charge in [-0.2, -0.15) is 0 Å². The van der Waals surface area contributed by atoms with E-state index in [9.17, 15) is 13.5 Å². The molecule has 1 N–H and O–H groups in total. The van der Waals surface area contributed by atoms with Gasteiger partial charge < -0.3 is 9.84 Å². The van der Waals surface area contributed by atoms with Gasteiger partial charge in [0.05, 0.1) is 18.5 Å². The largest absolute Gasteiger partial charge is 0.393 e. The third-order valence-electron chi connectivity index (χ3n) is 2.52. The monoisotopic (exact) mass is 222 g/mol. The van der Waals surface area contributed by atoms with Crippen LogP contribution in [0.25, 0.3) is 0 Å². The van der Waals surface area contributed by atoms with E-state index in [1.54, 1.807) is 0 Å². The van der Waals surface area contributed by atoms with Crippen LogP contribution in [-0.4, -0.2) is 44.9 Å². The summed E-state index contributed by atoms with van der Waals surface area (Å²) in [6.45, 7) is 1.32. The first kappa shape index (κ1) is 11.9. The molecule has 0 amide bonds. The fourth-order valence-corrected chi connectivity index (χ4v) is 2.31. The Kier molecular flexibility index (Phi) is 4.34. The summed E-state index contributed by atoms with van der Waals surface area (Å²) in [5.41, 5.74) is 0. The minimum absolute atomic E-state index is 0.0602. The van der Waals surface area contributed by atoms with E-state index in [0.717, 1.165) is 19.4 Å². The number of hydrogen-bond acceptors (Lipinski definition) is 4. The average molecular weight is 222 g/mol. The quantitative estimate of drug-likeness (QED) is 0.738. The normalized spacial score (nSPS) is 26.0. The summed E-state index contributed by atoms with van der Waals surface area (Å²) in [5.74, 6) is 0.176. The molecule has 14 heavy (non-hydrogen) atoms. The highest BCUT2D eigenvalue weighted by Gasteiger charge is 2.22. The van der Waals surface area contributed by atoms with Gasteiger partial charge in [0.1, 0.15) is 9.84 Å². The van der Waals surface area contributed by atoms with Gasteiger partial charge >= 0.3 is 0 Å². The van der Waals surface area contributed by atoms with E-state index in [-0.39, 0.29) is 11.7 Å². The highest BCUT2D eigenvalue weighted by atomic mass is 32.2. The van der Waals surface area contributed by atoms with Crippen molar-refractivity contribution in [3.05, 3.63) is 0 Å². The first-order valence-corrected chi connectivity index (χ1v) is 6.98. The lowest BCUT2D eigenvalue weighted by Gasteiger charge is -2.26. The van der Waals surface area contributed by atoms with Crippen LogP contribution in [0.4, 0.5) is 0 Å². The van der Waals surface area contributed by atoms with Gasteiger partial charge in [0.2, 0.25) is 0 Å². The summed E-state index contributed by atoms with van der Waals surface area (Å²) >= 11 is 0. The van der Waals surface area contributed by atoms with Crippen LogP contribution in [0.1, 0.15) is 19.3 Å². The SMILES string of the molecule is CS(=O)(=O)CCC(O)C1CCCOC1. The summed E-state index contributed by atoms with van der Waals surface area (Å²) in [4.78, 5) is 0. The Labute approximate surface area is 85.2 Å². The molecule has 2 unspecified atom stereocenters. The molecule has 0 bridgehead atoms. The van der Waals surface area contributed by atoms with E-state index in [0.29, 0.717) is 13.0 Å². The second-order valence-corrected chi connectivity index (χ2v) is 6.22. The Hall–Kier alpha value is -0.130. The van der Waals surface area contributed by atoms with Crippen molar-refractivity contribution in [2.24, 2.45) is 5.92 Å². The Balaban J connectivity index is 2.30. The summed E-state index contributed by atoms with van der Waals surface area (Å²) in [7, 11) is -2.96. The summed E-state index contributed by atoms with van der Waals surface area (Å²) in [5, 5.41) is 9.69. The van der Waals surface area contributed by atoms with Crippen LogP contribution in [0.3, 0.4) is 0 Å². The fraction of sp³-hybridized carbons (Fsp3) is 1.00. The molecule has 1 rings (SSSR count). The van der Waals surface area contributed by atoms with Crippen molar-refractivity contribution in [3.63, 3.8) is 0 Å². The fourth-order valence-electron chi connectivity index (χ4n) is 1.64. The number of hydrogen-bond donors (Lipinski definition) is 1. The van der Waals surface area contributed by atoms with E-state index < -0.39 is 15.9 Å². The van der Waals surface area contributed by atoms with Crippen LogP contribution in [0.2, 0.25) is 0 Å². The second kappa shape index (κ2) is 5.09. The molecule has 0 aromatic carbocycles. The lowest BCUT2D eigenvalue weighted by molar-refractivity contribution is -0.00968. The van der Waals surface area contributed by atoms with Gasteiger partial charge in [0.15, 0.2) is 0 Å². The van der Waals surface area contributed by atoms with Gasteiger partial charge in [-0.1, -0.05) is 0 Å². The van der Waals surface area contributed by atoms with Gasteiger partial charge in [0.25, 0.3) is 0 Å². The third-order valence-corrected chi connectivity index (χ3v) is 3.50. The minimum atomic E-state index is -2.96. The molecule has 1 heterocycles. The van der Waals surface area contributed by atoms with E-state index in [2.05, 4.69) is 0 Å². The second-order valence-electron chi connectivity index (χ2n) is 3.96. The molecule has 84 valence electrons. The molecule has 0 aliphatic carbocycles. The van der Waals surface area contributed by atoms with Crippen LogP contribution in [0, 0.1) is 5.92 Å². The molecule has 1 saturated heterocycles. The zero-order valence-corrected chi connectivity index (χ0v) is 9.29. The molecule has 2 atom stereocenters. The standard InChI is InChI=1S/C9H18O4S/c1-14(11,12)6-4-9(10)8-3-2-5-13-7-8/h8-10H,2-7H2,1H3. The molecule has 0 saturated carbocycles. The van der Waals surface area contributed by atoms with E-state index in [1.807, 2.05) is 0 Å². The number of sulfone groups is 1. The highest BCUT2D eigenvalue weighted by Crippen LogP contribution is 2.19. The molecule has 0 radical (unpaired) electrons. The molecule has 4 nitrogen and oxygen atoms in total. The average Bonchev–Trinajstić information content (AvgIpc) is 2.14. The van der Waals surface area contributed by atoms with Crippen molar-refractivity contribution in [3.8, 4) is 0 Å². The van der Waals surface area contributed by atoms with Crippen LogP contribution >= 0.6 is 0 Å². The zero-order valence-electron chi connectivity index (χ0n) is 8.48. The van der Waals surface area contributed by atoms with Gasteiger partial charge in [-0.25, -0.2) is 8.42 Å². The Morgan fingerprint density at radius 2 is 2.29 bits per heavy atom. The molecule has 0 aromatic heterocycles. The minimum Gasteiger partial charge on any atom is -0.393 e. The topological polar surface area (TPSA) is 63.6 Å². The lowest BCUT2D eigenvalue weighted by atomic mass is 9.94. The molecule has 0 aromatic rings. The maximum absolute atomic E-state index is 10.9. The van der Waals surface area contributed by atoms with Gasteiger partial charge in [-0.3, -0.25) is 0 Å². The van der Waals surface area contributed by atoms with E-state index >= 15 is 0 Å². The van der Waals surface area contributed by atoms with Gasteiger partial charge in [-0.15, -0.1) is 0 Å². The van der Waals surface area contributed by atoms with Crippen molar-refractivity contribution in [1.29, 1.82) is 0 Å². The number of aliphatic hydroxyl groups is 1. The van der Waals surface area contributed by atoms with Crippen LogP contribution < -0.4 is 0 Å². The lowest BCUT2D eigenvalue weighted by Crippen LogP contribution is -2.30. The predicted octanol–water partition coefficient (Wildman–Crippen LogP) is 0.209. The molecule has 1 fully saturated rings. The van der Waals surface area contributed by atoms with Crippen molar-refractivity contribution in [1.82, 2.24) is 0 Å². The van der Waals surface area contributed by atoms with Crippen LogP contribution in [0.15, 0.2) is 0 Å². The van der Waals surface area contributed by atoms with Crippen LogP contribution in [-0.2, 0) is 14.6 Å². The van der Waals surface area contributed by atoms with Gasteiger partial charge in [-0.05, 0) is 19.3 Å². The maximum Gasteiger partial charge on any atom is 0.147 e. The Bertz CT molecular complexity index is 254. The van der Waals surface area contributed by atoms with Crippen molar-refractivity contribution >= 4 is 9.84 Å². The smallest absolute Gasteiger partial charge is 0.147 e.